The highest BCUT2D eigenvalue weighted by Gasteiger charge is 2.14. The average molecular weight is 272 g/mol. The Morgan fingerprint density at radius 1 is 1.25 bits per heavy atom. The lowest BCUT2D eigenvalue weighted by Crippen LogP contribution is -2.10. The zero-order chi connectivity index (χ0) is 15.0. The quantitative estimate of drug-likeness (QED) is 0.638. The second kappa shape index (κ2) is 7.74. The zero-order valence-electron chi connectivity index (χ0n) is 11.2. The van der Waals surface area contributed by atoms with Crippen molar-refractivity contribution in [2.75, 3.05) is 7.11 Å². The first kappa shape index (κ1) is 15.4. The lowest BCUT2D eigenvalue weighted by molar-refractivity contribution is -0.136. The Morgan fingerprint density at radius 2 is 1.90 bits per heavy atom. The van der Waals surface area contributed by atoms with E-state index >= 15 is 0 Å². The van der Waals surface area contributed by atoms with E-state index in [2.05, 4.69) is 11.3 Å². The number of hydrogen-bond donors (Lipinski definition) is 1. The summed E-state index contributed by atoms with van der Waals surface area (Å²) >= 11 is 0. The number of aliphatic carboxylic acids is 1. The molecule has 1 atom stereocenters. The van der Waals surface area contributed by atoms with Crippen molar-refractivity contribution in [2.45, 2.75) is 0 Å². The number of ether oxygens (including phenoxy) is 1. The van der Waals surface area contributed by atoms with E-state index in [4.69, 9.17) is 5.11 Å². The van der Waals surface area contributed by atoms with Gasteiger partial charge in [-0.1, -0.05) is 55.1 Å². The van der Waals surface area contributed by atoms with Gasteiger partial charge in [-0.3, -0.25) is 0 Å². The van der Waals surface area contributed by atoms with Crippen molar-refractivity contribution >= 4 is 18.0 Å². The maximum atomic E-state index is 11.5. The number of rotatable bonds is 6. The monoisotopic (exact) mass is 272 g/mol. The molecule has 20 heavy (non-hydrogen) atoms. The molecule has 0 aliphatic heterocycles. The first-order valence-electron chi connectivity index (χ1n) is 5.96. The van der Waals surface area contributed by atoms with Crippen LogP contribution in [0.1, 0.15) is 5.56 Å². The highest BCUT2D eigenvalue weighted by Crippen LogP contribution is 2.16. The van der Waals surface area contributed by atoms with Crippen LogP contribution in [0.5, 0.6) is 0 Å². The summed E-state index contributed by atoms with van der Waals surface area (Å²) in [6.07, 6.45) is 5.87. The van der Waals surface area contributed by atoms with E-state index in [9.17, 15) is 9.59 Å². The number of carboxylic acids is 1. The van der Waals surface area contributed by atoms with Crippen LogP contribution in [0.2, 0.25) is 0 Å². The van der Waals surface area contributed by atoms with E-state index in [0.29, 0.717) is 0 Å². The molecule has 0 fully saturated rings. The van der Waals surface area contributed by atoms with E-state index in [1.807, 2.05) is 30.3 Å². The van der Waals surface area contributed by atoms with Crippen molar-refractivity contribution in [1.82, 2.24) is 0 Å². The molecule has 0 aliphatic carbocycles. The standard InChI is InChI=1S/C16H16O4/c1-12(16(19)20-2)14(10-11-15(17)18)9-8-13-6-4-3-5-7-13/h3-11,14H,1H2,2H3,(H,17,18). The SMILES string of the molecule is C=C(C(=O)OC)C(C=CC(=O)O)C=Cc1ccccc1. The van der Waals surface area contributed by atoms with Gasteiger partial charge in [0.1, 0.15) is 0 Å². The van der Waals surface area contributed by atoms with Crippen LogP contribution in [0.3, 0.4) is 0 Å². The average Bonchev–Trinajstić information content (AvgIpc) is 2.46. The van der Waals surface area contributed by atoms with Gasteiger partial charge in [-0.2, -0.15) is 0 Å². The highest BCUT2D eigenvalue weighted by atomic mass is 16.5. The van der Waals surface area contributed by atoms with Gasteiger partial charge in [-0.15, -0.1) is 0 Å². The highest BCUT2D eigenvalue weighted by molar-refractivity contribution is 5.89. The van der Waals surface area contributed by atoms with E-state index in [1.165, 1.54) is 13.2 Å². The minimum Gasteiger partial charge on any atom is -0.478 e. The van der Waals surface area contributed by atoms with Crippen LogP contribution < -0.4 is 0 Å². The lowest BCUT2D eigenvalue weighted by Gasteiger charge is -2.09. The summed E-state index contributed by atoms with van der Waals surface area (Å²) in [4.78, 5) is 22.1. The smallest absolute Gasteiger partial charge is 0.334 e. The molecule has 104 valence electrons. The molecule has 1 N–H and O–H groups in total. The summed E-state index contributed by atoms with van der Waals surface area (Å²) in [5.41, 5.74) is 1.12. The summed E-state index contributed by atoms with van der Waals surface area (Å²) in [5, 5.41) is 8.67. The fourth-order valence-corrected chi connectivity index (χ4v) is 1.53. The topological polar surface area (TPSA) is 63.6 Å². The number of esters is 1. The number of carbonyl (C=O) groups is 2. The van der Waals surface area contributed by atoms with E-state index in [-0.39, 0.29) is 5.57 Å². The van der Waals surface area contributed by atoms with Crippen LogP contribution >= 0.6 is 0 Å². The summed E-state index contributed by atoms with van der Waals surface area (Å²) in [7, 11) is 1.26. The van der Waals surface area contributed by atoms with Crippen LogP contribution in [-0.2, 0) is 14.3 Å². The van der Waals surface area contributed by atoms with Gasteiger partial charge >= 0.3 is 11.9 Å². The van der Waals surface area contributed by atoms with Crippen LogP contribution in [0, 0.1) is 5.92 Å². The largest absolute Gasteiger partial charge is 0.478 e. The van der Waals surface area contributed by atoms with E-state index in [0.717, 1.165) is 11.6 Å². The van der Waals surface area contributed by atoms with Crippen LogP contribution in [0.25, 0.3) is 6.08 Å². The number of allylic oxidation sites excluding steroid dienone is 2. The molecule has 0 amide bonds. The molecule has 0 bridgehead atoms. The van der Waals surface area contributed by atoms with Crippen molar-refractivity contribution in [3.05, 3.63) is 66.3 Å². The zero-order valence-corrected chi connectivity index (χ0v) is 11.2. The Morgan fingerprint density at radius 3 is 2.45 bits per heavy atom. The summed E-state index contributed by atoms with van der Waals surface area (Å²) < 4.78 is 4.60. The van der Waals surface area contributed by atoms with Gasteiger partial charge in [0.05, 0.1) is 7.11 Å². The molecular weight excluding hydrogens is 256 g/mol. The first-order valence-corrected chi connectivity index (χ1v) is 5.96. The van der Waals surface area contributed by atoms with E-state index in [1.54, 1.807) is 12.2 Å². The molecule has 1 aromatic rings. The molecule has 4 nitrogen and oxygen atoms in total. The molecule has 0 spiro atoms. The normalized spacial score (nSPS) is 12.4. The minimum atomic E-state index is -1.08. The second-order valence-electron chi connectivity index (χ2n) is 4.01. The minimum absolute atomic E-state index is 0.178. The number of carbonyl (C=O) groups excluding carboxylic acids is 1. The second-order valence-corrected chi connectivity index (χ2v) is 4.01. The van der Waals surface area contributed by atoms with Gasteiger partial charge in [0, 0.05) is 17.6 Å². The Kier molecular flexibility index (Phi) is 5.97. The fourth-order valence-electron chi connectivity index (χ4n) is 1.53. The van der Waals surface area contributed by atoms with Crippen LogP contribution in [0.4, 0.5) is 0 Å². The molecule has 0 saturated carbocycles. The third-order valence-corrected chi connectivity index (χ3v) is 2.59. The molecule has 0 aliphatic rings. The van der Waals surface area contributed by atoms with Crippen molar-refractivity contribution in [3.8, 4) is 0 Å². The maximum absolute atomic E-state index is 11.5. The third-order valence-electron chi connectivity index (χ3n) is 2.59. The molecule has 0 saturated heterocycles. The van der Waals surface area contributed by atoms with Crippen molar-refractivity contribution < 1.29 is 19.4 Å². The molecule has 4 heteroatoms. The summed E-state index contributed by atoms with van der Waals surface area (Å²) in [6, 6.07) is 9.46. The Balaban J connectivity index is 2.93. The maximum Gasteiger partial charge on any atom is 0.334 e. The Labute approximate surface area is 117 Å². The van der Waals surface area contributed by atoms with E-state index < -0.39 is 17.9 Å². The molecule has 1 aromatic carbocycles. The van der Waals surface area contributed by atoms with Crippen molar-refractivity contribution in [3.63, 3.8) is 0 Å². The molecular formula is C16H16O4. The van der Waals surface area contributed by atoms with Crippen molar-refractivity contribution in [1.29, 1.82) is 0 Å². The Bertz CT molecular complexity index is 541. The summed E-state index contributed by atoms with van der Waals surface area (Å²) in [5.74, 6) is -2.18. The number of benzene rings is 1. The molecule has 1 unspecified atom stereocenters. The molecule has 0 heterocycles. The molecule has 0 aromatic heterocycles. The summed E-state index contributed by atoms with van der Waals surface area (Å²) in [6.45, 7) is 3.65. The third kappa shape index (κ3) is 4.94. The van der Waals surface area contributed by atoms with Gasteiger partial charge < -0.3 is 9.84 Å². The fraction of sp³-hybridized carbons (Fsp3) is 0.125. The van der Waals surface area contributed by atoms with Crippen molar-refractivity contribution in [2.24, 2.45) is 5.92 Å². The number of methoxy groups -OCH3 is 1. The van der Waals surface area contributed by atoms with Gasteiger partial charge in [0.15, 0.2) is 0 Å². The van der Waals surface area contributed by atoms with Crippen LogP contribution in [-0.4, -0.2) is 24.2 Å². The molecule has 1 rings (SSSR count). The predicted molar refractivity (Wildman–Crippen MR) is 76.9 cm³/mol. The first-order chi connectivity index (χ1) is 9.54. The predicted octanol–water partition coefficient (Wildman–Crippen LogP) is 2.69. The van der Waals surface area contributed by atoms with Crippen LogP contribution in [0.15, 0.2) is 60.7 Å². The Hall–Kier alpha value is -2.62. The van der Waals surface area contributed by atoms with Gasteiger partial charge in [-0.05, 0) is 5.56 Å². The van der Waals surface area contributed by atoms with Gasteiger partial charge in [-0.25, -0.2) is 9.59 Å². The lowest BCUT2D eigenvalue weighted by atomic mass is 9.98. The van der Waals surface area contributed by atoms with Gasteiger partial charge in [0.2, 0.25) is 0 Å². The number of carboxylic acid groups (broad SMARTS) is 1. The van der Waals surface area contributed by atoms with Gasteiger partial charge in [0.25, 0.3) is 0 Å². The molecule has 0 radical (unpaired) electrons. The number of hydrogen-bond acceptors (Lipinski definition) is 3.